The number of aliphatic carboxylic acids is 1. The molecule has 0 aliphatic carbocycles. The van der Waals surface area contributed by atoms with E-state index in [1.54, 1.807) is 17.0 Å². The molecule has 0 radical (unpaired) electrons. The minimum Gasteiger partial charge on any atom is -0.481 e. The van der Waals surface area contributed by atoms with Gasteiger partial charge in [-0.2, -0.15) is 0 Å². The first-order chi connectivity index (χ1) is 9.54. The standard InChI is InChI=1S/C13H12F2N2O2S/c14-10-5-9(6-11(15)7-10)8-17-3-2-16-13(17)20-4-1-12(18)19/h2-3,5-7H,1,4,8H2,(H,18,19). The molecule has 2 rings (SSSR count). The van der Waals surface area contributed by atoms with Crippen molar-refractivity contribution in [1.29, 1.82) is 0 Å². The molecule has 0 saturated carbocycles. The van der Waals surface area contributed by atoms with Gasteiger partial charge in [-0.1, -0.05) is 11.8 Å². The minimum absolute atomic E-state index is 0.0338. The van der Waals surface area contributed by atoms with Gasteiger partial charge in [-0.05, 0) is 17.7 Å². The van der Waals surface area contributed by atoms with Gasteiger partial charge in [0.05, 0.1) is 6.42 Å². The van der Waals surface area contributed by atoms with E-state index in [1.807, 2.05) is 0 Å². The summed E-state index contributed by atoms with van der Waals surface area (Å²) in [6, 6.07) is 3.34. The molecular formula is C13H12F2N2O2S. The second kappa shape index (κ2) is 6.51. The summed E-state index contributed by atoms with van der Waals surface area (Å²) in [5.41, 5.74) is 0.487. The molecule has 0 aliphatic rings. The summed E-state index contributed by atoms with van der Waals surface area (Å²) in [7, 11) is 0. The number of imidazole rings is 1. The van der Waals surface area contributed by atoms with Gasteiger partial charge in [0.15, 0.2) is 5.16 Å². The topological polar surface area (TPSA) is 55.1 Å². The Hall–Kier alpha value is -1.89. The molecule has 0 spiro atoms. The van der Waals surface area contributed by atoms with Crippen LogP contribution in [0, 0.1) is 11.6 Å². The number of carboxylic acids is 1. The molecule has 0 unspecified atom stereocenters. The zero-order valence-corrected chi connectivity index (χ0v) is 11.2. The number of carboxylic acid groups (broad SMARTS) is 1. The van der Waals surface area contributed by atoms with Crippen LogP contribution >= 0.6 is 11.8 Å². The fraction of sp³-hybridized carbons (Fsp3) is 0.231. The van der Waals surface area contributed by atoms with Crippen LogP contribution in [0.2, 0.25) is 0 Å². The van der Waals surface area contributed by atoms with E-state index in [0.717, 1.165) is 6.07 Å². The van der Waals surface area contributed by atoms with Crippen LogP contribution < -0.4 is 0 Å². The highest BCUT2D eigenvalue weighted by Crippen LogP contribution is 2.18. The lowest BCUT2D eigenvalue weighted by molar-refractivity contribution is -0.136. The SMILES string of the molecule is O=C(O)CCSc1nccn1Cc1cc(F)cc(F)c1. The summed E-state index contributed by atoms with van der Waals surface area (Å²) in [6.07, 6.45) is 3.29. The van der Waals surface area contributed by atoms with Crippen molar-refractivity contribution in [2.75, 3.05) is 5.75 Å². The van der Waals surface area contributed by atoms with Crippen molar-refractivity contribution in [2.24, 2.45) is 0 Å². The molecule has 7 heteroatoms. The monoisotopic (exact) mass is 298 g/mol. The lowest BCUT2D eigenvalue weighted by Crippen LogP contribution is -2.03. The zero-order valence-electron chi connectivity index (χ0n) is 10.4. The molecule has 0 atom stereocenters. The van der Waals surface area contributed by atoms with Gasteiger partial charge in [-0.15, -0.1) is 0 Å². The molecule has 0 bridgehead atoms. The second-order valence-electron chi connectivity index (χ2n) is 4.11. The van der Waals surface area contributed by atoms with Crippen LogP contribution in [0.4, 0.5) is 8.78 Å². The molecule has 1 aromatic heterocycles. The highest BCUT2D eigenvalue weighted by atomic mass is 32.2. The lowest BCUT2D eigenvalue weighted by Gasteiger charge is -2.07. The van der Waals surface area contributed by atoms with Crippen LogP contribution in [0.5, 0.6) is 0 Å². The molecule has 20 heavy (non-hydrogen) atoms. The Balaban J connectivity index is 2.06. The number of hydrogen-bond donors (Lipinski definition) is 1. The summed E-state index contributed by atoms with van der Waals surface area (Å²) >= 11 is 1.29. The van der Waals surface area contributed by atoms with Crippen molar-refractivity contribution in [3.05, 3.63) is 47.8 Å². The molecule has 4 nitrogen and oxygen atoms in total. The molecule has 1 N–H and O–H groups in total. The molecule has 0 aliphatic heterocycles. The van der Waals surface area contributed by atoms with E-state index >= 15 is 0 Å². The smallest absolute Gasteiger partial charge is 0.304 e. The third-order valence-electron chi connectivity index (χ3n) is 2.50. The molecule has 1 heterocycles. The first kappa shape index (κ1) is 14.5. The van der Waals surface area contributed by atoms with Crippen molar-refractivity contribution >= 4 is 17.7 Å². The summed E-state index contributed by atoms with van der Waals surface area (Å²) in [6.45, 7) is 0.282. The first-order valence-corrected chi connectivity index (χ1v) is 6.84. The molecule has 0 amide bonds. The van der Waals surface area contributed by atoms with E-state index in [9.17, 15) is 13.6 Å². The summed E-state index contributed by atoms with van der Waals surface area (Å²) in [5, 5.41) is 9.21. The van der Waals surface area contributed by atoms with Gasteiger partial charge in [0.25, 0.3) is 0 Å². The number of rotatable bonds is 6. The van der Waals surface area contributed by atoms with Gasteiger partial charge < -0.3 is 9.67 Å². The van der Waals surface area contributed by atoms with Gasteiger partial charge in [-0.25, -0.2) is 13.8 Å². The van der Waals surface area contributed by atoms with Crippen molar-refractivity contribution in [3.63, 3.8) is 0 Å². The van der Waals surface area contributed by atoms with Gasteiger partial charge in [0.1, 0.15) is 11.6 Å². The highest BCUT2D eigenvalue weighted by molar-refractivity contribution is 7.99. The average Bonchev–Trinajstić information content (AvgIpc) is 2.75. The number of benzene rings is 1. The first-order valence-electron chi connectivity index (χ1n) is 5.85. The van der Waals surface area contributed by atoms with Crippen LogP contribution in [-0.2, 0) is 11.3 Å². The van der Waals surface area contributed by atoms with Crippen LogP contribution in [0.25, 0.3) is 0 Å². The maximum absolute atomic E-state index is 13.1. The fourth-order valence-electron chi connectivity index (χ4n) is 1.68. The quantitative estimate of drug-likeness (QED) is 0.833. The van der Waals surface area contributed by atoms with Gasteiger partial charge in [-0.3, -0.25) is 4.79 Å². The van der Waals surface area contributed by atoms with Gasteiger partial charge in [0.2, 0.25) is 0 Å². The Labute approximate surface area is 118 Å². The van der Waals surface area contributed by atoms with Crippen LogP contribution in [0.15, 0.2) is 35.7 Å². The van der Waals surface area contributed by atoms with E-state index in [-0.39, 0.29) is 13.0 Å². The van der Waals surface area contributed by atoms with E-state index in [4.69, 9.17) is 5.11 Å². The summed E-state index contributed by atoms with van der Waals surface area (Å²) in [4.78, 5) is 14.6. The predicted octanol–water partition coefficient (Wildman–Crippen LogP) is 2.78. The Morgan fingerprint density at radius 3 is 2.65 bits per heavy atom. The zero-order chi connectivity index (χ0) is 14.5. The fourth-order valence-corrected chi connectivity index (χ4v) is 2.57. The summed E-state index contributed by atoms with van der Waals surface area (Å²) < 4.78 is 27.9. The maximum atomic E-state index is 13.1. The Kier molecular flexibility index (Phi) is 4.73. The number of nitrogens with zero attached hydrogens (tertiary/aromatic N) is 2. The summed E-state index contributed by atoms with van der Waals surface area (Å²) in [5.74, 6) is -1.73. The van der Waals surface area contributed by atoms with Crippen molar-refractivity contribution in [2.45, 2.75) is 18.1 Å². The van der Waals surface area contributed by atoms with E-state index in [1.165, 1.54) is 23.9 Å². The van der Waals surface area contributed by atoms with Gasteiger partial charge >= 0.3 is 5.97 Å². The Morgan fingerprint density at radius 2 is 2.00 bits per heavy atom. The second-order valence-corrected chi connectivity index (χ2v) is 5.17. The third kappa shape index (κ3) is 4.06. The minimum atomic E-state index is -0.872. The van der Waals surface area contributed by atoms with Gasteiger partial charge in [0, 0.05) is 30.8 Å². The predicted molar refractivity (Wildman–Crippen MR) is 70.7 cm³/mol. The number of aromatic nitrogens is 2. The van der Waals surface area contributed by atoms with Crippen molar-refractivity contribution < 1.29 is 18.7 Å². The van der Waals surface area contributed by atoms with Crippen LogP contribution in [0.3, 0.4) is 0 Å². The normalized spacial score (nSPS) is 10.7. The van der Waals surface area contributed by atoms with Crippen LogP contribution in [0.1, 0.15) is 12.0 Å². The number of carbonyl (C=O) groups is 1. The molecule has 2 aromatic rings. The molecule has 1 aromatic carbocycles. The molecular weight excluding hydrogens is 286 g/mol. The molecule has 106 valence electrons. The number of halogens is 2. The van der Waals surface area contributed by atoms with E-state index in [0.29, 0.717) is 16.5 Å². The maximum Gasteiger partial charge on any atom is 0.304 e. The third-order valence-corrected chi connectivity index (χ3v) is 3.51. The Morgan fingerprint density at radius 1 is 1.30 bits per heavy atom. The van der Waals surface area contributed by atoms with Crippen LogP contribution in [-0.4, -0.2) is 26.4 Å². The van der Waals surface area contributed by atoms with E-state index < -0.39 is 17.6 Å². The average molecular weight is 298 g/mol. The van der Waals surface area contributed by atoms with Crippen molar-refractivity contribution in [1.82, 2.24) is 9.55 Å². The number of thioether (sulfide) groups is 1. The lowest BCUT2D eigenvalue weighted by atomic mass is 10.2. The van der Waals surface area contributed by atoms with Crippen molar-refractivity contribution in [3.8, 4) is 0 Å². The largest absolute Gasteiger partial charge is 0.481 e. The Bertz CT molecular complexity index is 596. The highest BCUT2D eigenvalue weighted by Gasteiger charge is 2.07. The molecule has 0 fully saturated rings. The molecule has 0 saturated heterocycles. The van der Waals surface area contributed by atoms with E-state index in [2.05, 4.69) is 4.98 Å². The number of hydrogen-bond acceptors (Lipinski definition) is 3.